The van der Waals surface area contributed by atoms with Crippen molar-refractivity contribution in [2.75, 3.05) is 0 Å². The van der Waals surface area contributed by atoms with Crippen molar-refractivity contribution in [3.05, 3.63) is 59.5 Å². The molecule has 1 amide bonds. The lowest BCUT2D eigenvalue weighted by atomic mass is 9.93. The van der Waals surface area contributed by atoms with Gasteiger partial charge in [0.25, 0.3) is 6.47 Å². The van der Waals surface area contributed by atoms with Crippen molar-refractivity contribution in [3.63, 3.8) is 0 Å². The maximum atomic E-state index is 12.4. The molecule has 0 fully saturated rings. The lowest BCUT2D eigenvalue weighted by Crippen LogP contribution is -2.13. The Morgan fingerprint density at radius 3 is 2.50 bits per heavy atom. The highest BCUT2D eigenvalue weighted by Crippen LogP contribution is 2.23. The Labute approximate surface area is 141 Å². The number of primary amides is 1. The number of ketones is 1. The highest BCUT2D eigenvalue weighted by molar-refractivity contribution is 5.98. The van der Waals surface area contributed by atoms with Crippen molar-refractivity contribution >= 4 is 18.2 Å². The van der Waals surface area contributed by atoms with E-state index in [1.54, 1.807) is 16.8 Å². The van der Waals surface area contributed by atoms with Gasteiger partial charge in [-0.3, -0.25) is 14.4 Å². The van der Waals surface area contributed by atoms with E-state index in [1.165, 1.54) is 0 Å². The molecule has 0 atom stereocenters. The van der Waals surface area contributed by atoms with Crippen LogP contribution in [0.1, 0.15) is 29.9 Å². The number of carbonyl (C=O) groups excluding carboxylic acids is 2. The van der Waals surface area contributed by atoms with Crippen LogP contribution in [0.3, 0.4) is 0 Å². The lowest BCUT2D eigenvalue weighted by molar-refractivity contribution is -0.123. The molecule has 3 N–H and O–H groups in total. The fourth-order valence-corrected chi connectivity index (χ4v) is 2.17. The fourth-order valence-electron chi connectivity index (χ4n) is 2.17. The van der Waals surface area contributed by atoms with Crippen LogP contribution in [0, 0.1) is 12.3 Å². The summed E-state index contributed by atoms with van der Waals surface area (Å²) in [6, 6.07) is 1.69. The summed E-state index contributed by atoms with van der Waals surface area (Å²) in [7, 11) is 0. The Bertz CT molecular complexity index is 721. The first-order valence-corrected chi connectivity index (χ1v) is 7.36. The number of amides is 1. The summed E-state index contributed by atoms with van der Waals surface area (Å²) in [5.74, 6) is -0.481. The topological polar surface area (TPSA) is 102 Å². The number of hydrogen-bond donors (Lipinski definition) is 2. The van der Waals surface area contributed by atoms with Gasteiger partial charge in [-0.2, -0.15) is 0 Å². The first-order valence-electron chi connectivity index (χ1n) is 7.36. The van der Waals surface area contributed by atoms with Gasteiger partial charge < -0.3 is 15.4 Å². The second kappa shape index (κ2) is 8.10. The van der Waals surface area contributed by atoms with Gasteiger partial charge in [0.1, 0.15) is 0 Å². The number of carbonyl (C=O) groups is 3. The zero-order valence-corrected chi connectivity index (χ0v) is 14.0. The van der Waals surface area contributed by atoms with Gasteiger partial charge in [0.2, 0.25) is 5.91 Å². The third-order valence-electron chi connectivity index (χ3n) is 3.53. The molecule has 0 bridgehead atoms. The third kappa shape index (κ3) is 5.39. The highest BCUT2D eigenvalue weighted by Gasteiger charge is 2.15. The van der Waals surface area contributed by atoms with Crippen LogP contribution in [0.4, 0.5) is 0 Å². The standard InChI is InChI=1S/C17H20N2O2.CH2O2/c1-12-9-14(16(18)21)10-19(12)11-15(20)13-5-4-7-17(2,3)8-6-13;2-1-3/h4-10H,11H2,1-3H3,(H2,18,21);1H,(H,2,3). The van der Waals surface area contributed by atoms with Gasteiger partial charge in [0.15, 0.2) is 5.78 Å². The van der Waals surface area contributed by atoms with E-state index < -0.39 is 5.91 Å². The first-order chi connectivity index (χ1) is 11.2. The van der Waals surface area contributed by atoms with Gasteiger partial charge in [0, 0.05) is 22.9 Å². The number of aromatic nitrogens is 1. The molecule has 6 heteroatoms. The number of nitrogens with zero attached hydrogens (tertiary/aromatic N) is 1. The fraction of sp³-hybridized carbons (Fsp3) is 0.278. The lowest BCUT2D eigenvalue weighted by Gasteiger charge is -2.12. The number of nitrogens with two attached hydrogens (primary N) is 1. The predicted molar refractivity (Wildman–Crippen MR) is 91.5 cm³/mol. The molecule has 0 unspecified atom stereocenters. The molecule has 0 aromatic carbocycles. The molecule has 1 aromatic heterocycles. The van der Waals surface area contributed by atoms with Gasteiger partial charge >= 0.3 is 0 Å². The number of allylic oxidation sites excluding steroid dienone is 6. The van der Waals surface area contributed by atoms with E-state index in [2.05, 4.69) is 19.9 Å². The maximum Gasteiger partial charge on any atom is 0.290 e. The summed E-state index contributed by atoms with van der Waals surface area (Å²) in [4.78, 5) is 31.9. The number of rotatable bonds is 4. The molecular weight excluding hydrogens is 308 g/mol. The SMILES string of the molecule is Cc1cc(C(N)=O)cn1CC(=O)C1=CC=CC(C)(C)C=C1.O=CO. The van der Waals surface area contributed by atoms with E-state index in [4.69, 9.17) is 15.6 Å². The van der Waals surface area contributed by atoms with E-state index in [9.17, 15) is 9.59 Å². The number of carboxylic acid groups (broad SMARTS) is 1. The average molecular weight is 330 g/mol. The minimum atomic E-state index is -0.484. The summed E-state index contributed by atoms with van der Waals surface area (Å²) >= 11 is 0. The Morgan fingerprint density at radius 2 is 1.96 bits per heavy atom. The van der Waals surface area contributed by atoms with E-state index in [1.807, 2.05) is 31.2 Å². The van der Waals surface area contributed by atoms with Crippen molar-refractivity contribution in [1.29, 1.82) is 0 Å². The minimum absolute atomic E-state index is 0.00307. The van der Waals surface area contributed by atoms with Crippen LogP contribution in [0.15, 0.2) is 48.2 Å². The van der Waals surface area contributed by atoms with Crippen molar-refractivity contribution < 1.29 is 19.5 Å². The molecule has 1 aromatic rings. The largest absolute Gasteiger partial charge is 0.483 e. The number of Topliss-reactive ketones (excluding diaryl/α,β-unsaturated/α-hetero) is 1. The molecule has 1 aliphatic carbocycles. The van der Waals surface area contributed by atoms with Gasteiger partial charge in [-0.05, 0) is 13.0 Å². The summed E-state index contributed by atoms with van der Waals surface area (Å²) < 4.78 is 1.75. The Morgan fingerprint density at radius 1 is 1.33 bits per heavy atom. The summed E-state index contributed by atoms with van der Waals surface area (Å²) in [5.41, 5.74) is 7.12. The van der Waals surface area contributed by atoms with Crippen LogP contribution in [0.25, 0.3) is 0 Å². The maximum absolute atomic E-state index is 12.4. The molecule has 0 radical (unpaired) electrons. The summed E-state index contributed by atoms with van der Waals surface area (Å²) in [6.45, 7) is 5.95. The predicted octanol–water partition coefficient (Wildman–Crippen LogP) is 2.24. The van der Waals surface area contributed by atoms with Crippen LogP contribution in [-0.2, 0) is 16.1 Å². The van der Waals surface area contributed by atoms with Crippen LogP contribution in [-0.4, -0.2) is 27.8 Å². The zero-order valence-electron chi connectivity index (χ0n) is 14.0. The summed E-state index contributed by atoms with van der Waals surface area (Å²) in [6.07, 6.45) is 11.3. The van der Waals surface area contributed by atoms with Crippen molar-refractivity contribution in [2.24, 2.45) is 11.1 Å². The van der Waals surface area contributed by atoms with E-state index >= 15 is 0 Å². The third-order valence-corrected chi connectivity index (χ3v) is 3.53. The molecule has 0 saturated heterocycles. The van der Waals surface area contributed by atoms with Crippen LogP contribution in [0.5, 0.6) is 0 Å². The van der Waals surface area contributed by atoms with Crippen molar-refractivity contribution in [1.82, 2.24) is 4.57 Å². The van der Waals surface area contributed by atoms with Gasteiger partial charge in [-0.1, -0.05) is 44.2 Å². The quantitative estimate of drug-likeness (QED) is 0.826. The molecule has 2 rings (SSSR count). The van der Waals surface area contributed by atoms with E-state index in [0.717, 1.165) is 5.69 Å². The molecule has 1 aliphatic rings. The van der Waals surface area contributed by atoms with Crippen LogP contribution in [0.2, 0.25) is 0 Å². The molecule has 1 heterocycles. The van der Waals surface area contributed by atoms with E-state index in [0.29, 0.717) is 11.1 Å². The molecule has 0 aliphatic heterocycles. The molecule has 128 valence electrons. The van der Waals surface area contributed by atoms with Crippen molar-refractivity contribution in [3.8, 4) is 0 Å². The number of hydrogen-bond acceptors (Lipinski definition) is 3. The molecule has 0 spiro atoms. The zero-order chi connectivity index (χ0) is 18.3. The smallest absolute Gasteiger partial charge is 0.290 e. The highest BCUT2D eigenvalue weighted by atomic mass is 16.3. The monoisotopic (exact) mass is 330 g/mol. The molecule has 24 heavy (non-hydrogen) atoms. The average Bonchev–Trinajstić information content (AvgIpc) is 2.74. The number of aryl methyl sites for hydroxylation is 1. The Hall–Kier alpha value is -2.89. The normalized spacial score (nSPS) is 14.9. The Balaban J connectivity index is 0.000000891. The molecule has 6 nitrogen and oxygen atoms in total. The summed E-state index contributed by atoms with van der Waals surface area (Å²) in [5, 5.41) is 6.89. The molecular formula is C18H22N2O4. The van der Waals surface area contributed by atoms with Crippen molar-refractivity contribution in [2.45, 2.75) is 27.3 Å². The minimum Gasteiger partial charge on any atom is -0.483 e. The Kier molecular flexibility index (Phi) is 6.47. The van der Waals surface area contributed by atoms with Gasteiger partial charge in [0.05, 0.1) is 12.1 Å². The van der Waals surface area contributed by atoms with Crippen LogP contribution >= 0.6 is 0 Å². The first kappa shape index (κ1) is 19.2. The van der Waals surface area contributed by atoms with E-state index in [-0.39, 0.29) is 24.2 Å². The van der Waals surface area contributed by atoms with Gasteiger partial charge in [-0.15, -0.1) is 0 Å². The molecule has 0 saturated carbocycles. The second-order valence-electron chi connectivity index (χ2n) is 6.03. The second-order valence-corrected chi connectivity index (χ2v) is 6.03. The van der Waals surface area contributed by atoms with Gasteiger partial charge in [-0.25, -0.2) is 0 Å². The van der Waals surface area contributed by atoms with Crippen LogP contribution < -0.4 is 5.73 Å².